The number of likely N-dealkylation sites (N-methyl/N-ethyl adjacent to an activating group) is 1. The van der Waals surface area contributed by atoms with Gasteiger partial charge in [-0.15, -0.1) is 11.3 Å². The molecule has 2 aliphatic rings. The summed E-state index contributed by atoms with van der Waals surface area (Å²) in [6, 6.07) is 14.3. The first kappa shape index (κ1) is 33.1. The Morgan fingerprint density at radius 3 is 2.42 bits per heavy atom. The molecule has 2 aliphatic heterocycles. The summed E-state index contributed by atoms with van der Waals surface area (Å²) in [5, 5.41) is 16.8. The Morgan fingerprint density at radius 1 is 1.04 bits per heavy atom. The number of aromatic nitrogens is 4. The lowest BCUT2D eigenvalue weighted by molar-refractivity contribution is -0.160. The number of rotatable bonds is 7. The fourth-order valence-corrected chi connectivity index (χ4v) is 8.67. The van der Waals surface area contributed by atoms with Crippen molar-refractivity contribution in [3.63, 3.8) is 0 Å². The maximum Gasteiger partial charge on any atom is 0.337 e. The summed E-state index contributed by atoms with van der Waals surface area (Å²) >= 11 is 7.81. The van der Waals surface area contributed by atoms with Crippen LogP contribution in [0.25, 0.3) is 43.1 Å². The molecule has 0 amide bonds. The van der Waals surface area contributed by atoms with E-state index in [4.69, 9.17) is 31.4 Å². The van der Waals surface area contributed by atoms with Gasteiger partial charge in [-0.2, -0.15) is 5.10 Å². The summed E-state index contributed by atoms with van der Waals surface area (Å²) in [6.07, 6.45) is 2.24. The van der Waals surface area contributed by atoms with E-state index in [1.165, 1.54) is 24.3 Å². The highest BCUT2D eigenvalue weighted by atomic mass is 35.5. The van der Waals surface area contributed by atoms with Crippen molar-refractivity contribution in [2.45, 2.75) is 70.6 Å². The minimum absolute atomic E-state index is 0.361. The van der Waals surface area contributed by atoms with Gasteiger partial charge in [0.1, 0.15) is 10.5 Å². The number of halogens is 1. The lowest BCUT2D eigenvalue weighted by Gasteiger charge is -2.35. The summed E-state index contributed by atoms with van der Waals surface area (Å²) < 4.78 is 9.02. The zero-order chi connectivity index (χ0) is 33.9. The van der Waals surface area contributed by atoms with Crippen LogP contribution in [-0.2, 0) is 16.6 Å². The van der Waals surface area contributed by atoms with Crippen LogP contribution in [0.15, 0.2) is 42.5 Å². The Hall–Kier alpha value is -3.41. The Balaban J connectivity index is 1.30. The van der Waals surface area contributed by atoms with Crippen molar-refractivity contribution in [2.24, 2.45) is 7.05 Å². The van der Waals surface area contributed by atoms with Crippen LogP contribution in [0.1, 0.15) is 68.9 Å². The van der Waals surface area contributed by atoms with Gasteiger partial charge in [-0.3, -0.25) is 9.58 Å². The number of carbonyl (C=O) groups is 1. The molecular weight excluding hydrogens is 644 g/mol. The van der Waals surface area contributed by atoms with Crippen LogP contribution in [0, 0.1) is 6.92 Å². The van der Waals surface area contributed by atoms with Crippen molar-refractivity contribution in [3.8, 4) is 21.8 Å². The SMILES string of the molecule is Cc1cc2nc(-c3ccc4c(n3)c(C3CCN([C@H]5CCN(C)C5)CC3)nn4C)sc2c(-c2ccc(Cl)cc2)c1C(OC(C)(C)C)C(=O)O. The van der Waals surface area contributed by atoms with Crippen molar-refractivity contribution in [1.29, 1.82) is 0 Å². The number of fused-ring (bicyclic) bond motifs is 2. The highest BCUT2D eigenvalue weighted by molar-refractivity contribution is 7.22. The minimum Gasteiger partial charge on any atom is -0.479 e. The summed E-state index contributed by atoms with van der Waals surface area (Å²) in [7, 11) is 4.21. The van der Waals surface area contributed by atoms with Crippen LogP contribution < -0.4 is 0 Å². The fraction of sp³-hybridized carbons (Fsp3) is 0.459. The second-order valence-electron chi connectivity index (χ2n) is 14.4. The number of pyridine rings is 1. The second-order valence-corrected chi connectivity index (χ2v) is 15.8. The molecule has 2 fully saturated rings. The molecule has 0 saturated carbocycles. The standard InChI is InChI=1S/C37H43ClN6O3S/c1-21-19-27-34(30(22-7-9-24(38)10-8-22)29(21)33(36(45)46)47-37(2,3)4)48-35(40-27)26-11-12-28-32(39-26)31(41-43(28)6)23-13-17-44(18-14-23)25-15-16-42(5)20-25/h7-12,19,23,25,33H,13-18,20H2,1-6H3,(H,45,46)/t25-,33?/m0/s1. The van der Waals surface area contributed by atoms with Gasteiger partial charge >= 0.3 is 5.97 Å². The third kappa shape index (κ3) is 6.36. The minimum atomic E-state index is -1.17. The summed E-state index contributed by atoms with van der Waals surface area (Å²) in [4.78, 5) is 28.1. The first-order valence-electron chi connectivity index (χ1n) is 16.7. The smallest absolute Gasteiger partial charge is 0.337 e. The van der Waals surface area contributed by atoms with E-state index >= 15 is 0 Å². The van der Waals surface area contributed by atoms with Crippen molar-refractivity contribution >= 4 is 50.2 Å². The van der Waals surface area contributed by atoms with E-state index in [2.05, 4.69) is 22.9 Å². The average molecular weight is 687 g/mol. The van der Waals surface area contributed by atoms with Gasteiger partial charge in [-0.25, -0.2) is 14.8 Å². The highest BCUT2D eigenvalue weighted by Crippen LogP contribution is 2.44. The first-order valence-corrected chi connectivity index (χ1v) is 17.9. The van der Waals surface area contributed by atoms with Crippen molar-refractivity contribution in [3.05, 3.63) is 64.3 Å². The number of ether oxygens (including phenoxy) is 1. The number of aryl methyl sites for hydroxylation is 2. The topological polar surface area (TPSA) is 96.6 Å². The van der Waals surface area contributed by atoms with E-state index in [9.17, 15) is 9.90 Å². The molecule has 0 aliphatic carbocycles. The molecule has 2 aromatic carbocycles. The number of aliphatic carboxylic acids is 1. The lowest BCUT2D eigenvalue weighted by Crippen LogP contribution is -2.42. The normalized spacial score (nSPS) is 19.1. The number of carboxylic acids is 1. The number of hydrogen-bond acceptors (Lipinski definition) is 8. The van der Waals surface area contributed by atoms with Gasteiger partial charge in [-0.1, -0.05) is 23.7 Å². The molecule has 252 valence electrons. The summed E-state index contributed by atoms with van der Waals surface area (Å²) in [5.41, 5.74) is 7.00. The first-order chi connectivity index (χ1) is 22.9. The Labute approximate surface area is 290 Å². The number of piperidine rings is 1. The lowest BCUT2D eigenvalue weighted by atomic mass is 9.91. The second kappa shape index (κ2) is 12.8. The van der Waals surface area contributed by atoms with Gasteiger partial charge in [0.05, 0.1) is 32.7 Å². The Bertz CT molecular complexity index is 1990. The zero-order valence-electron chi connectivity index (χ0n) is 28.5. The Kier molecular flexibility index (Phi) is 8.83. The fourth-order valence-electron chi connectivity index (χ4n) is 7.45. The van der Waals surface area contributed by atoms with E-state index in [1.807, 2.05) is 75.8 Å². The maximum absolute atomic E-state index is 12.7. The molecule has 9 nitrogen and oxygen atoms in total. The molecule has 3 aromatic heterocycles. The summed E-state index contributed by atoms with van der Waals surface area (Å²) in [5.74, 6) is -0.676. The molecule has 5 heterocycles. The summed E-state index contributed by atoms with van der Waals surface area (Å²) in [6.45, 7) is 12.1. The molecular formula is C37H43ClN6O3S. The molecule has 1 N–H and O–H groups in total. The van der Waals surface area contributed by atoms with Crippen molar-refractivity contribution in [2.75, 3.05) is 33.2 Å². The van der Waals surface area contributed by atoms with Crippen LogP contribution in [-0.4, -0.2) is 85.5 Å². The monoisotopic (exact) mass is 686 g/mol. The molecule has 7 rings (SSSR count). The number of likely N-dealkylation sites (tertiary alicyclic amines) is 2. The number of benzene rings is 2. The van der Waals surface area contributed by atoms with Crippen LogP contribution in [0.4, 0.5) is 0 Å². The molecule has 0 spiro atoms. The average Bonchev–Trinajstić information content (AvgIpc) is 3.76. The third-order valence-corrected chi connectivity index (χ3v) is 11.1. The van der Waals surface area contributed by atoms with Gasteiger partial charge in [-0.05, 0) is 115 Å². The predicted octanol–water partition coefficient (Wildman–Crippen LogP) is 7.70. The van der Waals surface area contributed by atoms with Gasteiger partial charge < -0.3 is 14.7 Å². The van der Waals surface area contributed by atoms with Crippen LogP contribution in [0.3, 0.4) is 0 Å². The van der Waals surface area contributed by atoms with Gasteiger partial charge in [0, 0.05) is 41.7 Å². The molecule has 48 heavy (non-hydrogen) atoms. The molecule has 0 radical (unpaired) electrons. The molecule has 1 unspecified atom stereocenters. The largest absolute Gasteiger partial charge is 0.479 e. The number of nitrogens with zero attached hydrogens (tertiary/aromatic N) is 6. The van der Waals surface area contributed by atoms with Crippen LogP contribution in [0.2, 0.25) is 5.02 Å². The van der Waals surface area contributed by atoms with Crippen molar-refractivity contribution in [1.82, 2.24) is 29.5 Å². The quantitative estimate of drug-likeness (QED) is 0.186. The van der Waals surface area contributed by atoms with Gasteiger partial charge in [0.25, 0.3) is 0 Å². The molecule has 2 saturated heterocycles. The van der Waals surface area contributed by atoms with Gasteiger partial charge in [0.2, 0.25) is 0 Å². The highest BCUT2D eigenvalue weighted by Gasteiger charge is 2.34. The Morgan fingerprint density at radius 2 is 1.77 bits per heavy atom. The van der Waals surface area contributed by atoms with E-state index in [0.717, 1.165) is 86.8 Å². The van der Waals surface area contributed by atoms with E-state index < -0.39 is 17.7 Å². The number of hydrogen-bond donors (Lipinski definition) is 1. The van der Waals surface area contributed by atoms with E-state index in [1.54, 1.807) is 0 Å². The number of carboxylic acid groups (broad SMARTS) is 1. The number of thiazole rings is 1. The third-order valence-electron chi connectivity index (χ3n) is 9.76. The maximum atomic E-state index is 12.7. The molecule has 2 atom stereocenters. The molecule has 0 bridgehead atoms. The van der Waals surface area contributed by atoms with Crippen molar-refractivity contribution < 1.29 is 14.6 Å². The van der Waals surface area contributed by atoms with Gasteiger partial charge in [0.15, 0.2) is 6.10 Å². The zero-order valence-corrected chi connectivity index (χ0v) is 30.0. The van der Waals surface area contributed by atoms with Crippen LogP contribution >= 0.6 is 22.9 Å². The van der Waals surface area contributed by atoms with Crippen LogP contribution in [0.5, 0.6) is 0 Å². The molecule has 5 aromatic rings. The predicted molar refractivity (Wildman–Crippen MR) is 193 cm³/mol. The van der Waals surface area contributed by atoms with E-state index in [-0.39, 0.29) is 0 Å². The molecule has 11 heteroatoms. The van der Waals surface area contributed by atoms with E-state index in [0.29, 0.717) is 22.5 Å².